The second-order valence-corrected chi connectivity index (χ2v) is 8.56. The summed E-state index contributed by atoms with van der Waals surface area (Å²) in [5.41, 5.74) is 1.43. The summed E-state index contributed by atoms with van der Waals surface area (Å²) in [6, 6.07) is 13.5. The Morgan fingerprint density at radius 3 is 2.62 bits per heavy atom. The van der Waals surface area contributed by atoms with Crippen molar-refractivity contribution in [1.82, 2.24) is 10.6 Å². The maximum absolute atomic E-state index is 10.1. The molecule has 1 fully saturated rings. The Balaban J connectivity index is 1.87. The molecule has 4 nitrogen and oxygen atoms in total. The largest absolute Gasteiger partial charge is 0.506 e. The molecule has 1 saturated heterocycles. The summed E-state index contributed by atoms with van der Waals surface area (Å²) in [5.74, 6) is 0.657. The first-order valence-corrected chi connectivity index (χ1v) is 9.42. The van der Waals surface area contributed by atoms with E-state index in [1.807, 2.05) is 18.2 Å². The van der Waals surface area contributed by atoms with E-state index in [0.717, 1.165) is 24.0 Å². The Bertz CT molecular complexity index is 872. The molecule has 0 amide bonds. The van der Waals surface area contributed by atoms with E-state index in [1.54, 1.807) is 12.1 Å². The Labute approximate surface area is 163 Å². The number of rotatable bonds is 1. The molecule has 0 aromatic heterocycles. The second kappa shape index (κ2) is 6.03. The summed E-state index contributed by atoms with van der Waals surface area (Å²) in [4.78, 5) is 0. The molecule has 0 bridgehead atoms. The monoisotopic (exact) mass is 388 g/mol. The zero-order valence-corrected chi connectivity index (χ0v) is 16.2. The van der Waals surface area contributed by atoms with Gasteiger partial charge in [-0.05, 0) is 44.1 Å². The highest BCUT2D eigenvalue weighted by atomic mass is 35.5. The number of aromatic hydroxyl groups is 1. The normalized spacial score (nSPS) is 26.4. The molecule has 2 aliphatic heterocycles. The zero-order valence-electron chi connectivity index (χ0n) is 14.7. The number of ether oxygens (including phenoxy) is 1. The van der Waals surface area contributed by atoms with Crippen LogP contribution in [0, 0.1) is 0 Å². The third-order valence-corrected chi connectivity index (χ3v) is 5.59. The molecule has 2 heterocycles. The molecule has 2 atom stereocenters. The van der Waals surface area contributed by atoms with Gasteiger partial charge in [0.25, 0.3) is 0 Å². The molecule has 2 aromatic carbocycles. The van der Waals surface area contributed by atoms with Crippen LogP contribution in [0.25, 0.3) is 0 Å². The first kappa shape index (κ1) is 17.4. The van der Waals surface area contributed by atoms with Crippen molar-refractivity contribution in [1.29, 1.82) is 0 Å². The second-order valence-electron chi connectivity index (χ2n) is 7.74. The van der Waals surface area contributed by atoms with Crippen LogP contribution in [0.5, 0.6) is 11.5 Å². The summed E-state index contributed by atoms with van der Waals surface area (Å²) >= 11 is 11.7. The number of halogens is 1. The number of phenols is 1. The fourth-order valence-electron chi connectivity index (χ4n) is 4.17. The molecule has 2 aromatic rings. The number of hydrogen-bond acceptors (Lipinski definition) is 3. The van der Waals surface area contributed by atoms with Crippen LogP contribution in [0.15, 0.2) is 42.5 Å². The van der Waals surface area contributed by atoms with Gasteiger partial charge in [0.05, 0.1) is 10.6 Å². The maximum atomic E-state index is 10.1. The van der Waals surface area contributed by atoms with Crippen molar-refractivity contribution >= 4 is 28.9 Å². The van der Waals surface area contributed by atoms with Crippen LogP contribution in [0.1, 0.15) is 43.9 Å². The van der Waals surface area contributed by atoms with E-state index in [4.69, 9.17) is 28.6 Å². The molecule has 136 valence electrons. The van der Waals surface area contributed by atoms with Crippen molar-refractivity contribution in [3.8, 4) is 11.5 Å². The van der Waals surface area contributed by atoms with Crippen LogP contribution >= 0.6 is 23.8 Å². The number of phenolic OH excluding ortho intramolecular Hbond substituents is 1. The van der Waals surface area contributed by atoms with E-state index in [2.05, 4.69) is 36.6 Å². The van der Waals surface area contributed by atoms with Gasteiger partial charge in [-0.2, -0.15) is 0 Å². The van der Waals surface area contributed by atoms with Gasteiger partial charge in [0.1, 0.15) is 17.6 Å². The number of hydrogen-bond donors (Lipinski definition) is 3. The molecule has 0 radical (unpaired) electrons. The van der Waals surface area contributed by atoms with E-state index in [1.165, 1.54) is 0 Å². The van der Waals surface area contributed by atoms with E-state index < -0.39 is 5.54 Å². The minimum atomic E-state index is -0.419. The summed E-state index contributed by atoms with van der Waals surface area (Å²) in [7, 11) is 0. The lowest BCUT2D eigenvalue weighted by Gasteiger charge is -2.51. The van der Waals surface area contributed by atoms with Crippen LogP contribution in [-0.4, -0.2) is 15.8 Å². The van der Waals surface area contributed by atoms with Gasteiger partial charge in [0, 0.05) is 23.6 Å². The molecule has 3 N–H and O–H groups in total. The third kappa shape index (κ3) is 2.99. The third-order valence-electron chi connectivity index (χ3n) is 5.09. The van der Waals surface area contributed by atoms with Crippen LogP contribution in [0.2, 0.25) is 5.02 Å². The van der Waals surface area contributed by atoms with Gasteiger partial charge in [-0.25, -0.2) is 0 Å². The lowest BCUT2D eigenvalue weighted by atomic mass is 9.72. The zero-order chi connectivity index (χ0) is 18.5. The SMILES string of the molecule is CC1(C)C[C@]2(C[C@@H](c3ccccc3)Oc3cc(O)c(Cl)cc32)NC(=S)N1. The van der Waals surface area contributed by atoms with Gasteiger partial charge in [-0.15, -0.1) is 0 Å². The van der Waals surface area contributed by atoms with Crippen molar-refractivity contribution in [2.75, 3.05) is 0 Å². The van der Waals surface area contributed by atoms with Gasteiger partial charge >= 0.3 is 0 Å². The quantitative estimate of drug-likeness (QED) is 0.632. The number of fused-ring (bicyclic) bond motifs is 2. The standard InChI is InChI=1S/C20H21ClN2O2S/c1-19(2)11-20(23-18(26)22-19)10-17(12-6-4-3-5-7-12)25-16-9-15(24)14(21)8-13(16)20/h3-9,17,24H,10-11H2,1-2H3,(H2,22,23,26)/t17-,20-/m0/s1. The predicted octanol–water partition coefficient (Wildman–Crippen LogP) is 4.41. The van der Waals surface area contributed by atoms with Crippen LogP contribution in [0.3, 0.4) is 0 Å². The van der Waals surface area contributed by atoms with Crippen molar-refractivity contribution in [2.24, 2.45) is 0 Å². The fourth-order valence-corrected chi connectivity index (χ4v) is 4.81. The molecule has 0 aliphatic carbocycles. The highest BCUT2D eigenvalue weighted by molar-refractivity contribution is 7.80. The van der Waals surface area contributed by atoms with E-state index >= 15 is 0 Å². The maximum Gasteiger partial charge on any atom is 0.167 e. The summed E-state index contributed by atoms with van der Waals surface area (Å²) < 4.78 is 6.26. The topological polar surface area (TPSA) is 53.5 Å². The molecule has 26 heavy (non-hydrogen) atoms. The number of benzene rings is 2. The molecule has 4 rings (SSSR count). The highest BCUT2D eigenvalue weighted by Gasteiger charge is 2.49. The van der Waals surface area contributed by atoms with E-state index in [9.17, 15) is 5.11 Å². The summed E-state index contributed by atoms with van der Waals surface area (Å²) in [6.45, 7) is 4.27. The van der Waals surface area contributed by atoms with Crippen molar-refractivity contribution in [3.63, 3.8) is 0 Å². The molecule has 0 unspecified atom stereocenters. The highest BCUT2D eigenvalue weighted by Crippen LogP contribution is 2.51. The minimum Gasteiger partial charge on any atom is -0.506 e. The van der Waals surface area contributed by atoms with Gasteiger partial charge < -0.3 is 20.5 Å². The first-order chi connectivity index (χ1) is 12.3. The average molecular weight is 389 g/mol. The molecular formula is C20H21ClN2O2S. The Morgan fingerprint density at radius 1 is 1.19 bits per heavy atom. The van der Waals surface area contributed by atoms with Crippen LogP contribution < -0.4 is 15.4 Å². The number of nitrogens with one attached hydrogen (secondary N) is 2. The molecule has 2 aliphatic rings. The van der Waals surface area contributed by atoms with Crippen molar-refractivity contribution < 1.29 is 9.84 Å². The predicted molar refractivity (Wildman–Crippen MR) is 107 cm³/mol. The first-order valence-electron chi connectivity index (χ1n) is 8.63. The van der Waals surface area contributed by atoms with Crippen LogP contribution in [-0.2, 0) is 5.54 Å². The van der Waals surface area contributed by atoms with Crippen LogP contribution in [0.4, 0.5) is 0 Å². The lowest BCUT2D eigenvalue weighted by molar-refractivity contribution is 0.0870. The average Bonchev–Trinajstić information content (AvgIpc) is 2.55. The lowest BCUT2D eigenvalue weighted by Crippen LogP contribution is -2.65. The molecule has 0 saturated carbocycles. The number of thiocarbonyl (C=S) groups is 1. The molecular weight excluding hydrogens is 368 g/mol. The van der Waals surface area contributed by atoms with Crippen molar-refractivity contribution in [2.45, 2.75) is 43.9 Å². The fraction of sp³-hybridized carbons (Fsp3) is 0.350. The molecule has 1 spiro atoms. The summed E-state index contributed by atoms with van der Waals surface area (Å²) in [6.07, 6.45) is 1.38. The molecule has 6 heteroatoms. The van der Waals surface area contributed by atoms with Gasteiger partial charge in [-0.3, -0.25) is 0 Å². The van der Waals surface area contributed by atoms with Gasteiger partial charge in [0.15, 0.2) is 5.11 Å². The summed E-state index contributed by atoms with van der Waals surface area (Å²) in [5, 5.41) is 17.9. The van der Waals surface area contributed by atoms with Gasteiger partial charge in [0.2, 0.25) is 0 Å². The van der Waals surface area contributed by atoms with E-state index in [-0.39, 0.29) is 17.4 Å². The Kier molecular flexibility index (Phi) is 4.04. The van der Waals surface area contributed by atoms with Crippen molar-refractivity contribution in [3.05, 3.63) is 58.6 Å². The van der Waals surface area contributed by atoms with Gasteiger partial charge in [-0.1, -0.05) is 41.9 Å². The smallest absolute Gasteiger partial charge is 0.167 e. The van der Waals surface area contributed by atoms with E-state index in [0.29, 0.717) is 15.9 Å². The minimum absolute atomic E-state index is 0.0186. The Hall–Kier alpha value is -1.98. The Morgan fingerprint density at radius 2 is 1.92 bits per heavy atom.